The fraction of sp³-hybridized carbons (Fsp3) is 0.500. The highest BCUT2D eigenvalue weighted by molar-refractivity contribution is 9.10. The second-order valence-electron chi connectivity index (χ2n) is 4.04. The van der Waals surface area contributed by atoms with E-state index in [9.17, 15) is 0 Å². The van der Waals surface area contributed by atoms with Crippen LogP contribution in [0.1, 0.15) is 11.6 Å². The molecule has 2 rings (SSSR count). The Morgan fingerprint density at radius 2 is 2.06 bits per heavy atom. The minimum Gasteiger partial charge on any atom is -0.379 e. The van der Waals surface area contributed by atoms with Gasteiger partial charge < -0.3 is 10.5 Å². The summed E-state index contributed by atoms with van der Waals surface area (Å²) in [5.74, 6) is 0. The van der Waals surface area contributed by atoms with Gasteiger partial charge in [-0.25, -0.2) is 10.4 Å². The van der Waals surface area contributed by atoms with Crippen LogP contribution in [0.4, 0.5) is 0 Å². The molecular formula is C12H18BrN3O. The first-order valence-electron chi connectivity index (χ1n) is 5.84. The lowest BCUT2D eigenvalue weighted by molar-refractivity contribution is 0.00399. The van der Waals surface area contributed by atoms with Gasteiger partial charge in [-0.3, -0.25) is 0 Å². The van der Waals surface area contributed by atoms with E-state index < -0.39 is 0 Å². The zero-order valence-corrected chi connectivity index (χ0v) is 11.3. The lowest BCUT2D eigenvalue weighted by atomic mass is 10.1. The van der Waals surface area contributed by atoms with Crippen molar-refractivity contribution in [3.05, 3.63) is 34.3 Å². The lowest BCUT2D eigenvalue weighted by Crippen LogP contribution is -2.48. The fourth-order valence-corrected chi connectivity index (χ4v) is 2.48. The number of halogens is 1. The number of ether oxygens (including phenoxy) is 1. The maximum Gasteiger partial charge on any atom is 0.0608 e. The first kappa shape index (κ1) is 13.0. The Labute approximate surface area is 110 Å². The van der Waals surface area contributed by atoms with E-state index in [0.29, 0.717) is 6.54 Å². The number of nitrogens with zero attached hydrogens (tertiary/aromatic N) is 1. The average Bonchev–Trinajstić information content (AvgIpc) is 2.38. The minimum absolute atomic E-state index is 0.142. The molecule has 94 valence electrons. The zero-order valence-electron chi connectivity index (χ0n) is 9.73. The highest BCUT2D eigenvalue weighted by Crippen LogP contribution is 2.22. The zero-order chi connectivity index (χ0) is 12.1. The summed E-state index contributed by atoms with van der Waals surface area (Å²) in [4.78, 5) is 0. The third kappa shape index (κ3) is 3.50. The Morgan fingerprint density at radius 3 is 2.71 bits per heavy atom. The molecule has 0 aromatic heterocycles. The van der Waals surface area contributed by atoms with Gasteiger partial charge in [-0.1, -0.05) is 34.1 Å². The Morgan fingerprint density at radius 1 is 1.35 bits per heavy atom. The molecule has 1 aliphatic heterocycles. The lowest BCUT2D eigenvalue weighted by Gasteiger charge is -2.31. The molecule has 1 aromatic carbocycles. The van der Waals surface area contributed by atoms with E-state index in [1.165, 1.54) is 5.56 Å². The molecule has 1 aromatic rings. The van der Waals surface area contributed by atoms with Crippen molar-refractivity contribution in [2.24, 2.45) is 5.73 Å². The maximum atomic E-state index is 5.85. The van der Waals surface area contributed by atoms with Crippen molar-refractivity contribution in [2.45, 2.75) is 6.04 Å². The van der Waals surface area contributed by atoms with Crippen LogP contribution in [-0.4, -0.2) is 37.9 Å². The topological polar surface area (TPSA) is 50.5 Å². The molecule has 17 heavy (non-hydrogen) atoms. The van der Waals surface area contributed by atoms with Crippen molar-refractivity contribution >= 4 is 15.9 Å². The summed E-state index contributed by atoms with van der Waals surface area (Å²) in [6.07, 6.45) is 0. The number of benzene rings is 1. The van der Waals surface area contributed by atoms with Gasteiger partial charge in [0.2, 0.25) is 0 Å². The molecule has 0 radical (unpaired) electrons. The van der Waals surface area contributed by atoms with Gasteiger partial charge in [-0.15, -0.1) is 0 Å². The van der Waals surface area contributed by atoms with Gasteiger partial charge in [0.25, 0.3) is 0 Å². The molecule has 5 heteroatoms. The molecule has 0 spiro atoms. The number of hydrazine groups is 1. The van der Waals surface area contributed by atoms with Crippen molar-refractivity contribution in [1.29, 1.82) is 0 Å². The summed E-state index contributed by atoms with van der Waals surface area (Å²) in [5, 5.41) is 2.18. The molecule has 0 bridgehead atoms. The molecule has 0 saturated carbocycles. The molecule has 1 heterocycles. The standard InChI is InChI=1S/C12H18BrN3O/c13-11-4-2-1-3-10(11)12(9-14)15-16-5-7-17-8-6-16/h1-4,12,15H,5-9,14H2. The summed E-state index contributed by atoms with van der Waals surface area (Å²) in [5.41, 5.74) is 10.5. The molecule has 3 N–H and O–H groups in total. The van der Waals surface area contributed by atoms with E-state index in [2.05, 4.69) is 32.4 Å². The predicted octanol–water partition coefficient (Wildman–Crippen LogP) is 1.29. The molecule has 1 unspecified atom stereocenters. The maximum absolute atomic E-state index is 5.85. The Hall–Kier alpha value is -0.460. The summed E-state index contributed by atoms with van der Waals surface area (Å²) in [6, 6.07) is 8.32. The van der Waals surface area contributed by atoms with Crippen LogP contribution in [0.3, 0.4) is 0 Å². The van der Waals surface area contributed by atoms with Crippen LogP contribution in [-0.2, 0) is 4.74 Å². The number of hydrogen-bond donors (Lipinski definition) is 2. The first-order valence-corrected chi connectivity index (χ1v) is 6.64. The van der Waals surface area contributed by atoms with E-state index in [0.717, 1.165) is 30.8 Å². The minimum atomic E-state index is 0.142. The van der Waals surface area contributed by atoms with Crippen molar-refractivity contribution in [1.82, 2.24) is 10.4 Å². The summed E-state index contributed by atoms with van der Waals surface area (Å²) in [6.45, 7) is 3.93. The van der Waals surface area contributed by atoms with Crippen molar-refractivity contribution in [3.63, 3.8) is 0 Å². The van der Waals surface area contributed by atoms with Gasteiger partial charge in [-0.2, -0.15) is 0 Å². The monoisotopic (exact) mass is 299 g/mol. The van der Waals surface area contributed by atoms with Crippen molar-refractivity contribution < 1.29 is 4.74 Å². The molecule has 0 aliphatic carbocycles. The van der Waals surface area contributed by atoms with Gasteiger partial charge in [0, 0.05) is 24.1 Å². The van der Waals surface area contributed by atoms with Crippen LogP contribution in [0, 0.1) is 0 Å². The quantitative estimate of drug-likeness (QED) is 0.880. The number of hydrogen-bond acceptors (Lipinski definition) is 4. The highest BCUT2D eigenvalue weighted by Gasteiger charge is 2.17. The molecule has 0 amide bonds. The largest absolute Gasteiger partial charge is 0.379 e. The van der Waals surface area contributed by atoms with Crippen LogP contribution in [0.2, 0.25) is 0 Å². The van der Waals surface area contributed by atoms with Crippen molar-refractivity contribution in [2.75, 3.05) is 32.8 Å². The normalized spacial score (nSPS) is 19.2. The fourth-order valence-electron chi connectivity index (χ4n) is 1.92. The molecule has 1 saturated heterocycles. The van der Waals surface area contributed by atoms with E-state index in [-0.39, 0.29) is 6.04 Å². The van der Waals surface area contributed by atoms with Crippen LogP contribution in [0.15, 0.2) is 28.7 Å². The van der Waals surface area contributed by atoms with Gasteiger partial charge >= 0.3 is 0 Å². The smallest absolute Gasteiger partial charge is 0.0608 e. The van der Waals surface area contributed by atoms with Gasteiger partial charge in [0.05, 0.1) is 19.3 Å². The molecule has 1 aliphatic rings. The van der Waals surface area contributed by atoms with Gasteiger partial charge in [-0.05, 0) is 11.6 Å². The summed E-state index contributed by atoms with van der Waals surface area (Å²) >= 11 is 3.56. The third-order valence-electron chi connectivity index (χ3n) is 2.87. The van der Waals surface area contributed by atoms with E-state index in [1.807, 2.05) is 18.2 Å². The van der Waals surface area contributed by atoms with Crippen LogP contribution in [0.5, 0.6) is 0 Å². The Balaban J connectivity index is 2.03. The second kappa shape index (κ2) is 6.47. The second-order valence-corrected chi connectivity index (χ2v) is 4.89. The number of rotatable bonds is 4. The van der Waals surface area contributed by atoms with Crippen LogP contribution < -0.4 is 11.2 Å². The third-order valence-corrected chi connectivity index (χ3v) is 3.59. The molecular weight excluding hydrogens is 282 g/mol. The predicted molar refractivity (Wildman–Crippen MR) is 71.5 cm³/mol. The average molecular weight is 300 g/mol. The van der Waals surface area contributed by atoms with Gasteiger partial charge in [0.15, 0.2) is 0 Å². The number of morpholine rings is 1. The van der Waals surface area contributed by atoms with Crippen LogP contribution >= 0.6 is 15.9 Å². The first-order chi connectivity index (χ1) is 8.31. The summed E-state index contributed by atoms with van der Waals surface area (Å²) in [7, 11) is 0. The van der Waals surface area contributed by atoms with Crippen molar-refractivity contribution in [3.8, 4) is 0 Å². The molecule has 1 atom stereocenters. The molecule has 1 fully saturated rings. The van der Waals surface area contributed by atoms with E-state index in [4.69, 9.17) is 10.5 Å². The highest BCUT2D eigenvalue weighted by atomic mass is 79.9. The van der Waals surface area contributed by atoms with Gasteiger partial charge in [0.1, 0.15) is 0 Å². The summed E-state index contributed by atoms with van der Waals surface area (Å²) < 4.78 is 6.42. The van der Waals surface area contributed by atoms with E-state index in [1.54, 1.807) is 0 Å². The SMILES string of the molecule is NCC(NN1CCOCC1)c1ccccc1Br. The number of nitrogens with one attached hydrogen (secondary N) is 1. The van der Waals surface area contributed by atoms with E-state index >= 15 is 0 Å². The number of nitrogens with two attached hydrogens (primary N) is 1. The Kier molecular flexibility index (Phi) is 4.94. The Bertz CT molecular complexity index is 355. The van der Waals surface area contributed by atoms with Crippen LogP contribution in [0.25, 0.3) is 0 Å². The molecule has 4 nitrogen and oxygen atoms in total.